The predicted molar refractivity (Wildman–Crippen MR) is 349 cm³/mol. The average molecular weight is 1350 g/mol. The van der Waals surface area contributed by atoms with Crippen molar-refractivity contribution in [3.05, 3.63) is 35.9 Å². The van der Waals surface area contributed by atoms with E-state index in [4.69, 9.17) is 34.4 Å². The van der Waals surface area contributed by atoms with Crippen LogP contribution in [0.4, 0.5) is 0 Å². The molecule has 1 saturated carbocycles. The minimum atomic E-state index is -1.86. The lowest BCUT2D eigenvalue weighted by Gasteiger charge is -2.30. The Balaban J connectivity index is 2.10. The number of nitrogens with one attached hydrogen (secondary N) is 11. The molecule has 24 N–H and O–H groups in total. The van der Waals surface area contributed by atoms with E-state index in [0.717, 1.165) is 40.9 Å². The smallest absolute Gasteiger partial charge is 0.305 e. The summed E-state index contributed by atoms with van der Waals surface area (Å²) in [5, 5.41) is 38.0. The zero-order valence-corrected chi connectivity index (χ0v) is 54.9. The third-order valence-electron chi connectivity index (χ3n) is 15.6. The molecule has 0 spiro atoms. The Bertz CT molecular complexity index is 2790. The molecule has 0 radical (unpaired) electrons. The largest absolute Gasteiger partial charge is 0.481 e. The summed E-state index contributed by atoms with van der Waals surface area (Å²) in [4.78, 5) is 187. The first-order valence-electron chi connectivity index (χ1n) is 31.0. The van der Waals surface area contributed by atoms with Gasteiger partial charge in [0, 0.05) is 31.0 Å². The maximum Gasteiger partial charge on any atom is 0.305 e. The summed E-state index contributed by atoms with van der Waals surface area (Å²) in [6, 6.07) is -5.64. The number of guanidine groups is 2. The van der Waals surface area contributed by atoms with E-state index in [1.54, 1.807) is 58.0 Å². The quantitative estimate of drug-likeness (QED) is 0.0284. The van der Waals surface area contributed by atoms with Crippen molar-refractivity contribution >= 4 is 110 Å². The van der Waals surface area contributed by atoms with Crippen molar-refractivity contribution in [2.24, 2.45) is 62.1 Å². The number of carbonyl (C=O) groups is 13. The molecule has 518 valence electrons. The molecule has 12 atom stereocenters. The second-order valence-electron chi connectivity index (χ2n) is 23.0. The van der Waals surface area contributed by atoms with Gasteiger partial charge in [-0.2, -0.15) is 0 Å². The molecule has 33 nitrogen and oxygen atoms in total. The van der Waals surface area contributed by atoms with Gasteiger partial charge in [0.15, 0.2) is 11.9 Å². The van der Waals surface area contributed by atoms with Crippen molar-refractivity contribution in [1.29, 1.82) is 0 Å². The molecular formula is C58H95N19O14S2. The molecular weight excluding hydrogens is 1250 g/mol. The zero-order chi connectivity index (χ0) is 69.3. The average Bonchev–Trinajstić information content (AvgIpc) is 1.18. The topological polar surface area (TPSA) is 555 Å². The van der Waals surface area contributed by atoms with Gasteiger partial charge in [-0.1, -0.05) is 112 Å². The molecule has 1 saturated heterocycles. The lowest BCUT2D eigenvalue weighted by Crippen LogP contribution is -2.61. The van der Waals surface area contributed by atoms with Gasteiger partial charge in [0.05, 0.1) is 25.6 Å². The number of hydrogen-bond donors (Lipinski definition) is 18. The van der Waals surface area contributed by atoms with Crippen LogP contribution in [-0.2, 0) is 68.7 Å². The number of rotatable bonds is 18. The number of amides is 12. The molecule has 0 unspecified atom stereocenters. The fourth-order valence-corrected chi connectivity index (χ4v) is 12.1. The third-order valence-corrected chi connectivity index (χ3v) is 18.0. The van der Waals surface area contributed by atoms with Crippen LogP contribution in [0.2, 0.25) is 0 Å². The van der Waals surface area contributed by atoms with Gasteiger partial charge >= 0.3 is 5.97 Å². The summed E-state index contributed by atoms with van der Waals surface area (Å²) in [5.74, 6) is -14.6. The summed E-state index contributed by atoms with van der Waals surface area (Å²) in [6.07, 6.45) is 2.97. The Kier molecular flexibility index (Phi) is 34.9. The van der Waals surface area contributed by atoms with Crippen molar-refractivity contribution < 1.29 is 67.4 Å². The highest BCUT2D eigenvalue weighted by molar-refractivity contribution is 8.76. The maximum absolute atomic E-state index is 14.6. The second-order valence-corrected chi connectivity index (χ2v) is 25.5. The second kappa shape index (κ2) is 41.2. The molecule has 1 heterocycles. The van der Waals surface area contributed by atoms with Gasteiger partial charge in [-0.15, -0.1) is 0 Å². The van der Waals surface area contributed by atoms with Gasteiger partial charge in [-0.3, -0.25) is 72.3 Å². The number of aliphatic carboxylic acids is 1. The maximum atomic E-state index is 14.6. The van der Waals surface area contributed by atoms with E-state index in [-0.39, 0.29) is 87.4 Å². The Morgan fingerprint density at radius 3 is 1.60 bits per heavy atom. The molecule has 93 heavy (non-hydrogen) atoms. The van der Waals surface area contributed by atoms with E-state index in [1.807, 2.05) is 0 Å². The van der Waals surface area contributed by atoms with E-state index in [2.05, 4.69) is 68.5 Å². The van der Waals surface area contributed by atoms with Crippen LogP contribution in [-0.4, -0.2) is 192 Å². The van der Waals surface area contributed by atoms with Gasteiger partial charge in [0.1, 0.15) is 54.4 Å². The minimum absolute atomic E-state index is 0.00797. The van der Waals surface area contributed by atoms with Crippen LogP contribution in [0.1, 0.15) is 117 Å². The monoisotopic (exact) mass is 1350 g/mol. The molecule has 2 aliphatic rings. The van der Waals surface area contributed by atoms with Crippen LogP contribution in [0.5, 0.6) is 0 Å². The number of carboxylic acids is 1. The van der Waals surface area contributed by atoms with Gasteiger partial charge < -0.3 is 98.0 Å². The number of carbonyl (C=O) groups excluding carboxylic acids is 12. The number of primary amides is 1. The summed E-state index contributed by atoms with van der Waals surface area (Å²) in [7, 11) is 2.09. The lowest BCUT2D eigenvalue weighted by molar-refractivity contribution is -0.142. The lowest BCUT2D eigenvalue weighted by atomic mass is 9.83. The normalized spacial score (nSPS) is 25.8. The summed E-state index contributed by atoms with van der Waals surface area (Å²) in [5.41, 5.74) is 34.7. The molecule has 0 bridgehead atoms. The standard InChI is InChI=1S/C58H95N19O14S2/c1-6-30(3)44-55(90)72-38(24-33-16-10-8-11-17-33)53(88)71-37(21-15-23-66-58(63)64)50(85)74-40(47(60)82)29-93-92-28-35(59)49(84)77-46(34-18-12-9-13-19-34)54(89)68-26-41(78)67-27-42(79)70-36(20-14-22-65-57(61)62)51(86)76-45(31(4)7-2)56(91)73-39(25-43(80)81)52(87)69-32(5)48(83)75-44/h8,10-11,16-17,30-32,34-40,44-46H,6-7,9,12-15,18-29,59H2,1-5H3,(H2,60,82)(H,67,78)(H,68,89)(H,69,87)(H,70,79)(H,71,88)(H,72,90)(H,73,91)(H,74,85)(H,75,83)(H,76,86)(H,77,84)(H,80,81)(H4,61,62,65)(H4,63,64,66)/t30-,31-,32-,35+,36+,37+,38-,39+,40+,44+,45-,46+/m0/s1. The van der Waals surface area contributed by atoms with Crippen LogP contribution in [0.15, 0.2) is 40.3 Å². The Hall–Kier alpha value is -8.47. The first-order valence-corrected chi connectivity index (χ1v) is 33.5. The van der Waals surface area contributed by atoms with Crippen molar-refractivity contribution in [2.75, 3.05) is 37.7 Å². The van der Waals surface area contributed by atoms with Crippen LogP contribution in [0.25, 0.3) is 0 Å². The molecule has 12 amide bonds. The summed E-state index contributed by atoms with van der Waals surface area (Å²) < 4.78 is 0. The number of nitrogens with zero attached hydrogens (tertiary/aromatic N) is 2. The highest BCUT2D eigenvalue weighted by Crippen LogP contribution is 2.28. The third kappa shape index (κ3) is 28.9. The SMILES string of the molecule is CC[C@H](C)[C@@H]1NC(=O)[C@@H](CCCN=C(N)N)NC(=O)CNC(=O)CNC(=O)[C@@H](C2CCCCC2)NC(=O)[C@H](N)CSSC[C@H](C(N)=O)NC(=O)[C@@H](CCCN=C(N)N)NC(=O)[C@H](Cc2ccccc2)NC(=O)[C@@H]([C@@H](C)CC)NC(=O)[C@H](C)NC(=O)[C@@H](CC(=O)O)NC1=O. The summed E-state index contributed by atoms with van der Waals surface area (Å²) in [6.45, 7) is 6.55. The van der Waals surface area contributed by atoms with Crippen LogP contribution in [0, 0.1) is 17.8 Å². The molecule has 35 heteroatoms. The molecule has 1 aromatic carbocycles. The molecule has 0 aromatic heterocycles. The van der Waals surface area contributed by atoms with Gasteiger partial charge in [0.25, 0.3) is 0 Å². The van der Waals surface area contributed by atoms with Crippen molar-refractivity contribution in [3.8, 4) is 0 Å². The number of hydrogen-bond acceptors (Lipinski definition) is 18. The van der Waals surface area contributed by atoms with Crippen molar-refractivity contribution in [3.63, 3.8) is 0 Å². The molecule has 3 rings (SSSR count). The van der Waals surface area contributed by atoms with Crippen molar-refractivity contribution in [2.45, 2.75) is 179 Å². The first kappa shape index (κ1) is 78.8. The van der Waals surface area contributed by atoms with Crippen molar-refractivity contribution in [1.82, 2.24) is 58.5 Å². The van der Waals surface area contributed by atoms with Crippen LogP contribution >= 0.6 is 21.6 Å². The molecule has 1 aliphatic heterocycles. The van der Waals surface area contributed by atoms with Gasteiger partial charge in [-0.25, -0.2) is 0 Å². The number of carboxylic acid groups (broad SMARTS) is 1. The minimum Gasteiger partial charge on any atom is -0.481 e. The van der Waals surface area contributed by atoms with E-state index >= 15 is 0 Å². The predicted octanol–water partition coefficient (Wildman–Crippen LogP) is -4.69. The zero-order valence-electron chi connectivity index (χ0n) is 53.3. The van der Waals surface area contributed by atoms with Gasteiger partial charge in [-0.05, 0) is 68.8 Å². The number of aliphatic imine (C=N–C) groups is 2. The van der Waals surface area contributed by atoms with Crippen LogP contribution < -0.4 is 92.9 Å². The van der Waals surface area contributed by atoms with E-state index < -0.39 is 169 Å². The molecule has 1 aromatic rings. The Morgan fingerprint density at radius 2 is 1.05 bits per heavy atom. The fraction of sp³-hybridized carbons (Fsp3) is 0.638. The highest BCUT2D eigenvalue weighted by Gasteiger charge is 2.38. The first-order chi connectivity index (χ1) is 44.0. The Labute approximate surface area is 548 Å². The van der Waals surface area contributed by atoms with E-state index in [1.165, 1.54) is 6.92 Å². The summed E-state index contributed by atoms with van der Waals surface area (Å²) >= 11 is 0. The molecule has 1 aliphatic carbocycles. The van der Waals surface area contributed by atoms with Gasteiger partial charge in [0.2, 0.25) is 70.9 Å². The Morgan fingerprint density at radius 1 is 0.559 bits per heavy atom. The molecule has 2 fully saturated rings. The number of benzene rings is 1. The van der Waals surface area contributed by atoms with E-state index in [9.17, 15) is 67.4 Å². The van der Waals surface area contributed by atoms with E-state index in [0.29, 0.717) is 18.4 Å². The fourth-order valence-electron chi connectivity index (χ4n) is 9.77. The highest BCUT2D eigenvalue weighted by atomic mass is 33.1. The number of nitrogens with two attached hydrogens (primary N) is 6. The van der Waals surface area contributed by atoms with Crippen LogP contribution in [0.3, 0.4) is 0 Å².